The highest BCUT2D eigenvalue weighted by atomic mass is 16.6. The van der Waals surface area contributed by atoms with E-state index in [1.165, 1.54) is 0 Å². The van der Waals surface area contributed by atoms with Crippen LogP contribution in [0.15, 0.2) is 103 Å². The van der Waals surface area contributed by atoms with Crippen LogP contribution in [0.3, 0.4) is 0 Å². The number of hydrogen-bond acceptors (Lipinski definition) is 8. The van der Waals surface area contributed by atoms with Crippen molar-refractivity contribution in [1.29, 1.82) is 0 Å². The summed E-state index contributed by atoms with van der Waals surface area (Å²) < 4.78 is 12.3. The largest absolute Gasteiger partial charge is 0.482 e. The van der Waals surface area contributed by atoms with Gasteiger partial charge in [-0.2, -0.15) is 5.10 Å². The number of ether oxygens (including phenoxy) is 2. The maximum atomic E-state index is 12.9. The summed E-state index contributed by atoms with van der Waals surface area (Å²) in [5.41, 5.74) is 4.57. The molecule has 4 aromatic carbocycles. The van der Waals surface area contributed by atoms with Crippen molar-refractivity contribution in [3.63, 3.8) is 0 Å². The molecular formula is C37H34N6O6. The molecule has 0 aliphatic rings. The molecule has 0 spiro atoms. The molecule has 12 nitrogen and oxygen atoms in total. The van der Waals surface area contributed by atoms with E-state index in [-0.39, 0.29) is 12.5 Å². The van der Waals surface area contributed by atoms with Crippen LogP contribution in [0.4, 0.5) is 22.1 Å². The SMILES string of the molecule is CC(C)(C)OC(=O)NCc1ccc(C(=O)Nc2ccc(Nc3nc(-c4ccc5cc(OCC(=O)O)ccc5c4)cc4ccnn34)cc2)cc1. The van der Waals surface area contributed by atoms with Crippen LogP contribution in [-0.2, 0) is 16.1 Å². The first kappa shape index (κ1) is 32.5. The monoisotopic (exact) mass is 658 g/mol. The van der Waals surface area contributed by atoms with Gasteiger partial charge >= 0.3 is 12.1 Å². The van der Waals surface area contributed by atoms with Crippen LogP contribution in [0, 0.1) is 0 Å². The topological polar surface area (TPSA) is 156 Å². The third-order valence-corrected chi connectivity index (χ3v) is 7.30. The van der Waals surface area contributed by atoms with Crippen molar-refractivity contribution in [3.8, 4) is 17.0 Å². The van der Waals surface area contributed by atoms with Gasteiger partial charge in [-0.1, -0.05) is 30.3 Å². The van der Waals surface area contributed by atoms with Crippen molar-refractivity contribution in [1.82, 2.24) is 19.9 Å². The molecule has 12 heteroatoms. The number of fused-ring (bicyclic) bond motifs is 2. The fourth-order valence-electron chi connectivity index (χ4n) is 5.01. The Bertz CT molecular complexity index is 2150. The van der Waals surface area contributed by atoms with E-state index in [2.05, 4.69) is 21.0 Å². The maximum Gasteiger partial charge on any atom is 0.407 e. The fourth-order valence-corrected chi connectivity index (χ4v) is 5.01. The second kappa shape index (κ2) is 13.7. The Labute approximate surface area is 281 Å². The molecule has 0 unspecified atom stereocenters. The molecule has 248 valence electrons. The smallest absolute Gasteiger partial charge is 0.407 e. The number of carboxylic acid groups (broad SMARTS) is 1. The van der Waals surface area contributed by atoms with E-state index < -0.39 is 24.3 Å². The number of alkyl carbamates (subject to hydrolysis) is 1. The Morgan fingerprint density at radius 3 is 2.29 bits per heavy atom. The van der Waals surface area contributed by atoms with Gasteiger partial charge in [-0.25, -0.2) is 19.1 Å². The molecule has 6 rings (SSSR count). The van der Waals surface area contributed by atoms with E-state index in [9.17, 15) is 14.4 Å². The predicted octanol–water partition coefficient (Wildman–Crippen LogP) is 7.03. The third kappa shape index (κ3) is 8.30. The number of hydrogen-bond donors (Lipinski definition) is 4. The minimum atomic E-state index is -1.03. The summed E-state index contributed by atoms with van der Waals surface area (Å²) in [6.07, 6.45) is 1.20. The highest BCUT2D eigenvalue weighted by Gasteiger charge is 2.16. The lowest BCUT2D eigenvalue weighted by molar-refractivity contribution is -0.139. The quantitative estimate of drug-likeness (QED) is 0.121. The standard InChI is InChI=1S/C37H34N6O6/c1-37(2,3)49-36(47)38-21-23-4-6-24(7-5-23)34(46)40-28-11-13-29(14-12-28)41-35-42-32(20-30-16-17-39-43(30)35)27-9-8-26-19-31(48-22-33(44)45)15-10-25(26)18-27/h4-20H,21-22H2,1-3H3,(H,38,47)(H,40,46)(H,41,42)(H,44,45). The molecule has 2 aromatic heterocycles. The van der Waals surface area contributed by atoms with Crippen molar-refractivity contribution >= 4 is 51.6 Å². The van der Waals surface area contributed by atoms with E-state index in [4.69, 9.17) is 19.6 Å². The molecule has 6 aromatic rings. The number of carbonyl (C=O) groups is 3. The molecule has 0 atom stereocenters. The second-order valence-corrected chi connectivity index (χ2v) is 12.2. The number of aliphatic carboxylic acids is 1. The zero-order valence-corrected chi connectivity index (χ0v) is 27.1. The zero-order valence-electron chi connectivity index (χ0n) is 27.1. The number of benzene rings is 4. The van der Waals surface area contributed by atoms with Gasteiger partial charge < -0.3 is 30.5 Å². The van der Waals surface area contributed by atoms with Gasteiger partial charge in [0.05, 0.1) is 17.4 Å². The molecule has 2 heterocycles. The lowest BCUT2D eigenvalue weighted by atomic mass is 10.0. The van der Waals surface area contributed by atoms with Gasteiger partial charge in [-0.05, 0) is 104 Å². The number of nitrogens with one attached hydrogen (secondary N) is 3. The highest BCUT2D eigenvalue weighted by Crippen LogP contribution is 2.29. The van der Waals surface area contributed by atoms with Crippen LogP contribution in [0.2, 0.25) is 0 Å². The number of carbonyl (C=O) groups excluding carboxylic acids is 2. The Hall–Kier alpha value is -6.43. The number of rotatable bonds is 10. The molecular weight excluding hydrogens is 624 g/mol. The van der Waals surface area contributed by atoms with Crippen LogP contribution in [0.25, 0.3) is 27.5 Å². The van der Waals surface area contributed by atoms with Gasteiger partial charge in [0.15, 0.2) is 6.61 Å². The number of aromatic nitrogens is 3. The summed E-state index contributed by atoms with van der Waals surface area (Å²) in [6, 6.07) is 29.4. The van der Waals surface area contributed by atoms with Crippen LogP contribution in [0.1, 0.15) is 36.7 Å². The first-order valence-electron chi connectivity index (χ1n) is 15.5. The summed E-state index contributed by atoms with van der Waals surface area (Å²) in [6.45, 7) is 5.28. The normalized spacial score (nSPS) is 11.2. The molecule has 0 aliphatic heterocycles. The fraction of sp³-hybridized carbons (Fsp3) is 0.162. The number of anilines is 3. The van der Waals surface area contributed by atoms with Crippen molar-refractivity contribution in [3.05, 3.63) is 114 Å². The Kier molecular flexibility index (Phi) is 9.11. The van der Waals surface area contributed by atoms with E-state index in [0.29, 0.717) is 22.9 Å². The molecule has 0 saturated carbocycles. The van der Waals surface area contributed by atoms with Gasteiger partial charge in [0, 0.05) is 29.0 Å². The predicted molar refractivity (Wildman–Crippen MR) is 186 cm³/mol. The van der Waals surface area contributed by atoms with Crippen molar-refractivity contribution in [2.24, 2.45) is 0 Å². The lowest BCUT2D eigenvalue weighted by Crippen LogP contribution is -2.32. The summed E-state index contributed by atoms with van der Waals surface area (Å²) >= 11 is 0. The summed E-state index contributed by atoms with van der Waals surface area (Å²) in [4.78, 5) is 40.5. The first-order chi connectivity index (χ1) is 23.5. The van der Waals surface area contributed by atoms with Crippen molar-refractivity contribution in [2.75, 3.05) is 17.2 Å². The van der Waals surface area contributed by atoms with Gasteiger partial charge in [-0.3, -0.25) is 4.79 Å². The summed E-state index contributed by atoms with van der Waals surface area (Å²) in [5.74, 6) is -0.304. The van der Waals surface area contributed by atoms with Crippen LogP contribution in [-0.4, -0.2) is 49.9 Å². The van der Waals surface area contributed by atoms with Crippen LogP contribution in [0.5, 0.6) is 5.75 Å². The molecule has 0 saturated heterocycles. The molecule has 0 aliphatic carbocycles. The van der Waals surface area contributed by atoms with E-state index >= 15 is 0 Å². The number of carboxylic acids is 1. The van der Waals surface area contributed by atoms with Crippen molar-refractivity contribution < 1.29 is 29.0 Å². The minimum absolute atomic E-state index is 0.264. The number of nitrogens with zero attached hydrogens (tertiary/aromatic N) is 3. The van der Waals surface area contributed by atoms with Crippen LogP contribution >= 0.6 is 0 Å². The van der Waals surface area contributed by atoms with Gasteiger partial charge in [-0.15, -0.1) is 0 Å². The maximum absolute atomic E-state index is 12.9. The van der Waals surface area contributed by atoms with Crippen molar-refractivity contribution in [2.45, 2.75) is 32.9 Å². The average Bonchev–Trinajstić information content (AvgIpc) is 3.56. The van der Waals surface area contributed by atoms with Gasteiger partial charge in [0.2, 0.25) is 5.95 Å². The van der Waals surface area contributed by atoms with E-state index in [1.807, 2.05) is 48.5 Å². The summed E-state index contributed by atoms with van der Waals surface area (Å²) in [5, 5.41) is 24.1. The summed E-state index contributed by atoms with van der Waals surface area (Å²) in [7, 11) is 0. The Morgan fingerprint density at radius 1 is 0.837 bits per heavy atom. The molecule has 0 fully saturated rings. The number of amides is 2. The van der Waals surface area contributed by atoms with E-state index in [0.717, 1.165) is 38.8 Å². The lowest BCUT2D eigenvalue weighted by Gasteiger charge is -2.19. The molecule has 0 radical (unpaired) electrons. The highest BCUT2D eigenvalue weighted by molar-refractivity contribution is 6.04. The molecule has 2 amide bonds. The molecule has 4 N–H and O–H groups in total. The second-order valence-electron chi connectivity index (χ2n) is 12.2. The zero-order chi connectivity index (χ0) is 34.5. The first-order valence-corrected chi connectivity index (χ1v) is 15.5. The van der Waals surface area contributed by atoms with Gasteiger partial charge in [0.25, 0.3) is 5.91 Å². The minimum Gasteiger partial charge on any atom is -0.482 e. The van der Waals surface area contributed by atoms with E-state index in [1.54, 1.807) is 80.0 Å². The third-order valence-electron chi connectivity index (χ3n) is 7.30. The van der Waals surface area contributed by atoms with Crippen LogP contribution < -0.4 is 20.7 Å². The average molecular weight is 659 g/mol. The Morgan fingerprint density at radius 2 is 1.55 bits per heavy atom. The Balaban J connectivity index is 1.11. The molecule has 0 bridgehead atoms. The van der Waals surface area contributed by atoms with Gasteiger partial charge in [0.1, 0.15) is 11.4 Å². The molecule has 49 heavy (non-hydrogen) atoms.